The molecule has 2 aromatic rings. The maximum Gasteiger partial charge on any atom is 0.416 e. The molecule has 26 heavy (non-hydrogen) atoms. The van der Waals surface area contributed by atoms with Crippen molar-refractivity contribution < 1.29 is 26.5 Å². The highest BCUT2D eigenvalue weighted by molar-refractivity contribution is 7.89. The van der Waals surface area contributed by atoms with Crippen LogP contribution in [0.3, 0.4) is 0 Å². The van der Waals surface area contributed by atoms with E-state index in [1.54, 1.807) is 0 Å². The fraction of sp³-hybridized carbons (Fsp3) is 0.200. The van der Waals surface area contributed by atoms with Gasteiger partial charge in [0.05, 0.1) is 15.4 Å². The van der Waals surface area contributed by atoms with Crippen molar-refractivity contribution in [2.75, 3.05) is 11.9 Å². The summed E-state index contributed by atoms with van der Waals surface area (Å²) in [5.41, 5.74) is -0.689. The molecule has 0 aliphatic rings. The second kappa shape index (κ2) is 6.92. The Hall–Kier alpha value is -2.66. The molecule has 0 unspecified atom stereocenters. The van der Waals surface area contributed by atoms with Crippen LogP contribution in [0.2, 0.25) is 0 Å². The summed E-state index contributed by atoms with van der Waals surface area (Å²) >= 11 is 0. The minimum absolute atomic E-state index is 0.0771. The SMILES string of the molecule is CN(Cc1ccc(C(F)(F)F)cc1)c1ccc(S(N)(=O)=O)cc1[N+](=O)[O-]. The van der Waals surface area contributed by atoms with Gasteiger partial charge in [-0.2, -0.15) is 13.2 Å². The van der Waals surface area contributed by atoms with Gasteiger partial charge >= 0.3 is 6.18 Å². The molecule has 7 nitrogen and oxygen atoms in total. The lowest BCUT2D eigenvalue weighted by atomic mass is 10.1. The molecule has 0 saturated heterocycles. The largest absolute Gasteiger partial charge is 0.416 e. The molecule has 0 aliphatic carbocycles. The number of nitro groups is 1. The van der Waals surface area contributed by atoms with E-state index in [0.29, 0.717) is 5.56 Å². The van der Waals surface area contributed by atoms with Crippen LogP contribution < -0.4 is 10.0 Å². The number of primary sulfonamides is 1. The highest BCUT2D eigenvalue weighted by atomic mass is 32.2. The van der Waals surface area contributed by atoms with Crippen molar-refractivity contribution in [2.24, 2.45) is 5.14 Å². The standard InChI is InChI=1S/C15H14F3N3O4S/c1-20(9-10-2-4-11(5-3-10)15(16,17)18)13-7-6-12(26(19,24)25)8-14(13)21(22)23/h2-8H,9H2,1H3,(H2,19,24,25). The molecule has 0 bridgehead atoms. The first-order chi connectivity index (χ1) is 11.9. The van der Waals surface area contributed by atoms with E-state index in [1.165, 1.54) is 30.1 Å². The van der Waals surface area contributed by atoms with E-state index < -0.39 is 37.3 Å². The Labute approximate surface area is 147 Å². The molecule has 0 aromatic heterocycles. The normalized spacial score (nSPS) is 12.0. The summed E-state index contributed by atoms with van der Waals surface area (Å²) in [4.78, 5) is 11.5. The number of sulfonamides is 1. The average Bonchev–Trinajstić information content (AvgIpc) is 2.53. The second-order valence-corrected chi connectivity index (χ2v) is 7.06. The summed E-state index contributed by atoms with van der Waals surface area (Å²) in [6.07, 6.45) is -4.45. The lowest BCUT2D eigenvalue weighted by Gasteiger charge is -2.20. The minimum Gasteiger partial charge on any atom is -0.365 e. The molecule has 0 aliphatic heterocycles. The molecule has 0 spiro atoms. The number of rotatable bonds is 5. The molecular weight excluding hydrogens is 375 g/mol. The highest BCUT2D eigenvalue weighted by Gasteiger charge is 2.30. The van der Waals surface area contributed by atoms with Crippen LogP contribution in [-0.4, -0.2) is 20.4 Å². The third kappa shape index (κ3) is 4.49. The zero-order chi connectivity index (χ0) is 19.7. The van der Waals surface area contributed by atoms with E-state index in [-0.39, 0.29) is 12.2 Å². The number of anilines is 1. The molecule has 2 aromatic carbocycles. The number of nitrogens with zero attached hydrogens (tertiary/aromatic N) is 2. The molecule has 0 heterocycles. The van der Waals surface area contributed by atoms with E-state index in [2.05, 4.69) is 0 Å². The first-order valence-electron chi connectivity index (χ1n) is 7.08. The van der Waals surface area contributed by atoms with Crippen molar-refractivity contribution in [3.8, 4) is 0 Å². The van der Waals surface area contributed by atoms with Gasteiger partial charge in [-0.1, -0.05) is 12.1 Å². The number of benzene rings is 2. The first-order valence-corrected chi connectivity index (χ1v) is 8.63. The van der Waals surface area contributed by atoms with Crippen LogP contribution in [-0.2, 0) is 22.7 Å². The molecule has 0 atom stereocenters. The fourth-order valence-electron chi connectivity index (χ4n) is 2.31. The number of nitrogens with two attached hydrogens (primary N) is 1. The van der Waals surface area contributed by atoms with Gasteiger partial charge < -0.3 is 4.90 Å². The van der Waals surface area contributed by atoms with Crippen molar-refractivity contribution in [3.05, 3.63) is 63.7 Å². The molecule has 140 valence electrons. The quantitative estimate of drug-likeness (QED) is 0.625. The van der Waals surface area contributed by atoms with Crippen LogP contribution >= 0.6 is 0 Å². The number of alkyl halides is 3. The number of hydrogen-bond acceptors (Lipinski definition) is 5. The van der Waals surface area contributed by atoms with Gasteiger partial charge in [0.1, 0.15) is 5.69 Å². The molecule has 0 radical (unpaired) electrons. The zero-order valence-corrected chi connectivity index (χ0v) is 14.2. The van der Waals surface area contributed by atoms with E-state index in [9.17, 15) is 31.7 Å². The second-order valence-electron chi connectivity index (χ2n) is 5.50. The average molecular weight is 389 g/mol. The lowest BCUT2D eigenvalue weighted by molar-refractivity contribution is -0.384. The number of nitro benzene ring substituents is 1. The lowest BCUT2D eigenvalue weighted by Crippen LogP contribution is -2.19. The van der Waals surface area contributed by atoms with E-state index in [0.717, 1.165) is 24.3 Å². The highest BCUT2D eigenvalue weighted by Crippen LogP contribution is 2.32. The van der Waals surface area contributed by atoms with Crippen molar-refractivity contribution in [1.29, 1.82) is 0 Å². The third-order valence-electron chi connectivity index (χ3n) is 3.58. The van der Waals surface area contributed by atoms with Crippen molar-refractivity contribution in [1.82, 2.24) is 0 Å². The van der Waals surface area contributed by atoms with Gasteiger partial charge in [0.15, 0.2) is 0 Å². The van der Waals surface area contributed by atoms with Gasteiger partial charge in [-0.25, -0.2) is 13.6 Å². The fourth-order valence-corrected chi connectivity index (χ4v) is 2.84. The first kappa shape index (κ1) is 19.7. The maximum atomic E-state index is 12.6. The summed E-state index contributed by atoms with van der Waals surface area (Å²) in [5, 5.41) is 16.2. The topological polar surface area (TPSA) is 107 Å². The molecule has 0 saturated carbocycles. The Bertz CT molecular complexity index is 928. The van der Waals surface area contributed by atoms with Gasteiger partial charge in [-0.3, -0.25) is 10.1 Å². The molecule has 2 rings (SSSR count). The molecule has 11 heteroatoms. The summed E-state index contributed by atoms with van der Waals surface area (Å²) in [5.74, 6) is 0. The Morgan fingerprint density at radius 3 is 2.19 bits per heavy atom. The molecule has 0 fully saturated rings. The van der Waals surface area contributed by atoms with Crippen LogP contribution in [0, 0.1) is 10.1 Å². The monoisotopic (exact) mass is 389 g/mol. The van der Waals surface area contributed by atoms with Crippen LogP contribution in [0.25, 0.3) is 0 Å². The van der Waals surface area contributed by atoms with Crippen molar-refractivity contribution in [2.45, 2.75) is 17.6 Å². The Morgan fingerprint density at radius 1 is 1.15 bits per heavy atom. The Morgan fingerprint density at radius 2 is 1.73 bits per heavy atom. The van der Waals surface area contributed by atoms with Gasteiger partial charge in [-0.05, 0) is 29.8 Å². The minimum atomic E-state index is -4.45. The van der Waals surface area contributed by atoms with E-state index in [4.69, 9.17) is 5.14 Å². The number of hydrogen-bond donors (Lipinski definition) is 1. The van der Waals surface area contributed by atoms with Crippen molar-refractivity contribution in [3.63, 3.8) is 0 Å². The molecule has 2 N–H and O–H groups in total. The molecular formula is C15H14F3N3O4S. The van der Waals surface area contributed by atoms with E-state index in [1.807, 2.05) is 0 Å². The van der Waals surface area contributed by atoms with Crippen LogP contribution in [0.1, 0.15) is 11.1 Å². The molecule has 0 amide bonds. The van der Waals surface area contributed by atoms with Gasteiger partial charge in [0.25, 0.3) is 5.69 Å². The summed E-state index contributed by atoms with van der Waals surface area (Å²) in [7, 11) is -2.61. The van der Waals surface area contributed by atoms with Gasteiger partial charge in [0, 0.05) is 19.7 Å². The zero-order valence-electron chi connectivity index (χ0n) is 13.4. The van der Waals surface area contributed by atoms with Crippen LogP contribution in [0.5, 0.6) is 0 Å². The predicted molar refractivity (Wildman–Crippen MR) is 88.0 cm³/mol. The summed E-state index contributed by atoms with van der Waals surface area (Å²) < 4.78 is 60.4. The van der Waals surface area contributed by atoms with Crippen LogP contribution in [0.4, 0.5) is 24.5 Å². The predicted octanol–water partition coefficient (Wildman–Crippen LogP) is 2.90. The van der Waals surface area contributed by atoms with Gasteiger partial charge in [0.2, 0.25) is 10.0 Å². The van der Waals surface area contributed by atoms with Crippen molar-refractivity contribution >= 4 is 21.4 Å². The van der Waals surface area contributed by atoms with Crippen LogP contribution in [0.15, 0.2) is 47.4 Å². The summed E-state index contributed by atoms with van der Waals surface area (Å²) in [6, 6.07) is 7.56. The Balaban J connectivity index is 2.32. The summed E-state index contributed by atoms with van der Waals surface area (Å²) in [6.45, 7) is 0.0771. The number of halogens is 3. The van der Waals surface area contributed by atoms with Gasteiger partial charge in [-0.15, -0.1) is 0 Å². The third-order valence-corrected chi connectivity index (χ3v) is 4.50. The maximum absolute atomic E-state index is 12.6. The Kier molecular flexibility index (Phi) is 5.23. The van der Waals surface area contributed by atoms with E-state index >= 15 is 0 Å². The smallest absolute Gasteiger partial charge is 0.365 e.